The van der Waals surface area contributed by atoms with Crippen molar-refractivity contribution in [3.8, 4) is 0 Å². The first-order chi connectivity index (χ1) is 19.6. The van der Waals surface area contributed by atoms with Crippen LogP contribution in [0.4, 0.5) is 10.8 Å². The van der Waals surface area contributed by atoms with Crippen LogP contribution in [0.3, 0.4) is 0 Å². The molecular formula is C33H24N4O2S. The van der Waals surface area contributed by atoms with Crippen LogP contribution in [0.2, 0.25) is 0 Å². The molecule has 6 nitrogen and oxygen atoms in total. The summed E-state index contributed by atoms with van der Waals surface area (Å²) in [5.41, 5.74) is 9.05. The van der Waals surface area contributed by atoms with Crippen molar-refractivity contribution in [1.29, 1.82) is 0 Å². The number of nitrogens with zero attached hydrogens (tertiary/aromatic N) is 3. The second kappa shape index (κ2) is 8.44. The lowest BCUT2D eigenvalue weighted by Crippen LogP contribution is -2.54. The maximum absolute atomic E-state index is 14.4. The molecule has 0 radical (unpaired) electrons. The van der Waals surface area contributed by atoms with Gasteiger partial charge in [0, 0.05) is 12.1 Å². The van der Waals surface area contributed by atoms with Crippen molar-refractivity contribution in [2.45, 2.75) is 18.3 Å². The summed E-state index contributed by atoms with van der Waals surface area (Å²) in [5.74, 6) is -1.66. The molecule has 0 spiro atoms. The molecule has 1 fully saturated rings. The highest BCUT2D eigenvalue weighted by Gasteiger charge is 2.68. The van der Waals surface area contributed by atoms with Gasteiger partial charge in [0.25, 0.3) is 0 Å². The smallest absolute Gasteiger partial charge is 0.239 e. The molecule has 5 aromatic rings. The number of anilines is 2. The number of nitrogens with one attached hydrogen (secondary N) is 1. The van der Waals surface area contributed by atoms with Gasteiger partial charge in [-0.3, -0.25) is 15.0 Å². The molecule has 2 bridgehead atoms. The molecule has 40 heavy (non-hydrogen) atoms. The molecule has 2 heterocycles. The molecule has 1 saturated heterocycles. The second-order valence-electron chi connectivity index (χ2n) is 10.7. The topological polar surface area (TPSA) is 74.7 Å². The quantitative estimate of drug-likeness (QED) is 0.166. The van der Waals surface area contributed by atoms with E-state index in [9.17, 15) is 9.59 Å². The molecule has 0 saturated carbocycles. The molecule has 194 valence electrons. The molecule has 2 atom stereocenters. The van der Waals surface area contributed by atoms with E-state index in [1.807, 2.05) is 85.9 Å². The van der Waals surface area contributed by atoms with Gasteiger partial charge in [-0.15, -0.1) is 0 Å². The van der Waals surface area contributed by atoms with Gasteiger partial charge < -0.3 is 0 Å². The van der Waals surface area contributed by atoms with E-state index in [-0.39, 0.29) is 17.7 Å². The van der Waals surface area contributed by atoms with Crippen LogP contribution >= 0.6 is 11.3 Å². The van der Waals surface area contributed by atoms with Gasteiger partial charge in [-0.2, -0.15) is 5.10 Å². The van der Waals surface area contributed by atoms with Gasteiger partial charge in [0.05, 0.1) is 33.2 Å². The van der Waals surface area contributed by atoms with Crippen LogP contribution < -0.4 is 10.3 Å². The minimum Gasteiger partial charge on any atom is -0.274 e. The minimum atomic E-state index is -0.914. The lowest BCUT2D eigenvalue weighted by Gasteiger charge is -2.52. The van der Waals surface area contributed by atoms with Crippen molar-refractivity contribution in [3.05, 3.63) is 125 Å². The average Bonchev–Trinajstić information content (AvgIpc) is 3.52. The third-order valence-electron chi connectivity index (χ3n) is 8.70. The summed E-state index contributed by atoms with van der Waals surface area (Å²) < 4.78 is 1.07. The van der Waals surface area contributed by atoms with Crippen molar-refractivity contribution in [3.63, 3.8) is 0 Å². The number of aryl methyl sites for hydroxylation is 1. The number of rotatable bonds is 4. The summed E-state index contributed by atoms with van der Waals surface area (Å²) in [6, 6.07) is 32.0. The van der Waals surface area contributed by atoms with Gasteiger partial charge in [-0.25, -0.2) is 9.88 Å². The van der Waals surface area contributed by atoms with E-state index < -0.39 is 17.3 Å². The number of para-hydroxylation sites is 1. The summed E-state index contributed by atoms with van der Waals surface area (Å²) in [6.07, 6.45) is 1.85. The van der Waals surface area contributed by atoms with Crippen molar-refractivity contribution in [2.75, 3.05) is 10.3 Å². The normalized spacial score (nSPS) is 24.4. The molecule has 3 aliphatic carbocycles. The lowest BCUT2D eigenvalue weighted by molar-refractivity contribution is -0.122. The van der Waals surface area contributed by atoms with Gasteiger partial charge >= 0.3 is 0 Å². The Kier molecular flexibility index (Phi) is 4.91. The Bertz CT molecular complexity index is 1790. The first-order valence-corrected chi connectivity index (χ1v) is 14.2. The van der Waals surface area contributed by atoms with Crippen molar-refractivity contribution in [2.24, 2.45) is 16.9 Å². The SMILES string of the molecule is Cc1ccc(N2C(=O)[C@H]3C4c5ccccc5C(/C=N\Nc5nc6ccccc6s5)(c5ccccc54)[C@H]3C2=O)cc1. The third kappa shape index (κ3) is 3.04. The number of fused-ring (bicyclic) bond motifs is 1. The molecule has 0 unspecified atom stereocenters. The Morgan fingerprint density at radius 3 is 2.20 bits per heavy atom. The van der Waals surface area contributed by atoms with Crippen LogP contribution in [0.15, 0.2) is 102 Å². The zero-order valence-electron chi connectivity index (χ0n) is 21.6. The molecule has 9 rings (SSSR count). The standard InChI is InChI=1S/C33H24N4O2S/c1-19-14-16-20(17-15-19)37-30(38)28-27-21-8-2-4-10-23(21)33(29(28)31(37)39,24-11-5-3-9-22(24)27)18-34-36-32-35-25-12-6-7-13-26(25)40-32/h2-18,27-29H,1H3,(H,35,36)/b34-18-/t27?,28-,29+,33?/m0/s1. The van der Waals surface area contributed by atoms with E-state index in [0.717, 1.165) is 38.0 Å². The zero-order valence-corrected chi connectivity index (χ0v) is 22.4. The van der Waals surface area contributed by atoms with Crippen molar-refractivity contribution >= 4 is 50.4 Å². The number of imide groups is 1. The van der Waals surface area contributed by atoms with E-state index in [1.165, 1.54) is 16.2 Å². The fraction of sp³-hybridized carbons (Fsp3) is 0.152. The van der Waals surface area contributed by atoms with E-state index in [0.29, 0.717) is 10.8 Å². The van der Waals surface area contributed by atoms with Gasteiger partial charge in [0.2, 0.25) is 16.9 Å². The molecular weight excluding hydrogens is 516 g/mol. The van der Waals surface area contributed by atoms with Crippen LogP contribution in [-0.2, 0) is 15.0 Å². The predicted molar refractivity (Wildman–Crippen MR) is 158 cm³/mol. The maximum atomic E-state index is 14.4. The van der Waals surface area contributed by atoms with Crippen LogP contribution in [0, 0.1) is 18.8 Å². The Balaban J connectivity index is 1.32. The summed E-state index contributed by atoms with van der Waals surface area (Å²) in [6.45, 7) is 1.99. The highest BCUT2D eigenvalue weighted by molar-refractivity contribution is 7.22. The van der Waals surface area contributed by atoms with E-state index >= 15 is 0 Å². The fourth-order valence-electron chi connectivity index (χ4n) is 7.11. The van der Waals surface area contributed by atoms with Gasteiger partial charge in [-0.1, -0.05) is 89.7 Å². The number of carbonyl (C=O) groups is 2. The number of hydrazone groups is 1. The Labute approximate surface area is 235 Å². The number of hydrogen-bond acceptors (Lipinski definition) is 6. The Morgan fingerprint density at radius 1 is 0.850 bits per heavy atom. The van der Waals surface area contributed by atoms with Crippen LogP contribution in [0.5, 0.6) is 0 Å². The van der Waals surface area contributed by atoms with Crippen LogP contribution in [-0.4, -0.2) is 23.0 Å². The number of aromatic nitrogens is 1. The summed E-state index contributed by atoms with van der Waals surface area (Å²) in [4.78, 5) is 34.7. The number of carbonyl (C=O) groups excluding carboxylic acids is 2. The summed E-state index contributed by atoms with van der Waals surface area (Å²) in [7, 11) is 0. The van der Waals surface area contributed by atoms with E-state index in [2.05, 4.69) is 34.7 Å². The number of thiazole rings is 1. The first-order valence-electron chi connectivity index (χ1n) is 13.4. The molecule has 7 heteroatoms. The zero-order chi connectivity index (χ0) is 27.0. The second-order valence-corrected chi connectivity index (χ2v) is 11.8. The fourth-order valence-corrected chi connectivity index (χ4v) is 7.92. The molecule has 1 aliphatic heterocycles. The number of benzene rings is 4. The summed E-state index contributed by atoms with van der Waals surface area (Å²) in [5, 5.41) is 5.42. The number of amides is 2. The minimum absolute atomic E-state index is 0.148. The van der Waals surface area contributed by atoms with E-state index in [4.69, 9.17) is 5.10 Å². The molecule has 2 amide bonds. The average molecular weight is 541 g/mol. The van der Waals surface area contributed by atoms with Crippen LogP contribution in [0.25, 0.3) is 10.2 Å². The van der Waals surface area contributed by atoms with Crippen LogP contribution in [0.1, 0.15) is 33.7 Å². The van der Waals surface area contributed by atoms with Gasteiger partial charge in [-0.05, 0) is 53.4 Å². The van der Waals surface area contributed by atoms with Gasteiger partial charge in [0.15, 0.2) is 0 Å². The van der Waals surface area contributed by atoms with Crippen molar-refractivity contribution < 1.29 is 9.59 Å². The number of hydrogen-bond donors (Lipinski definition) is 1. The third-order valence-corrected chi connectivity index (χ3v) is 9.64. The lowest BCUT2D eigenvalue weighted by atomic mass is 9.47. The molecule has 4 aliphatic rings. The van der Waals surface area contributed by atoms with E-state index in [1.54, 1.807) is 0 Å². The Hall–Kier alpha value is -4.62. The monoisotopic (exact) mass is 540 g/mol. The summed E-state index contributed by atoms with van der Waals surface area (Å²) >= 11 is 1.53. The first kappa shape index (κ1) is 23.3. The van der Waals surface area contributed by atoms with Crippen molar-refractivity contribution in [1.82, 2.24) is 4.98 Å². The molecule has 1 aromatic heterocycles. The maximum Gasteiger partial charge on any atom is 0.239 e. The predicted octanol–water partition coefficient (Wildman–Crippen LogP) is 6.25. The molecule has 4 aromatic carbocycles. The van der Waals surface area contributed by atoms with Gasteiger partial charge in [0.1, 0.15) is 0 Å². The Morgan fingerprint density at radius 2 is 1.50 bits per heavy atom. The highest BCUT2D eigenvalue weighted by Crippen LogP contribution is 2.63. The molecule has 1 N–H and O–H groups in total. The largest absolute Gasteiger partial charge is 0.274 e. The highest BCUT2D eigenvalue weighted by atomic mass is 32.1.